The van der Waals surface area contributed by atoms with Crippen molar-refractivity contribution in [1.29, 1.82) is 0 Å². The largest absolute Gasteiger partial charge is 0.480 e. The van der Waals surface area contributed by atoms with Crippen LogP contribution in [-0.2, 0) is 14.4 Å². The van der Waals surface area contributed by atoms with Gasteiger partial charge in [-0.15, -0.1) is 0 Å². The molecular weight excluding hydrogens is 238 g/mol. The van der Waals surface area contributed by atoms with Crippen molar-refractivity contribution in [1.82, 2.24) is 15.1 Å². The van der Waals surface area contributed by atoms with Crippen LogP contribution in [0.4, 0.5) is 0 Å². The van der Waals surface area contributed by atoms with E-state index in [-0.39, 0.29) is 31.4 Å². The van der Waals surface area contributed by atoms with E-state index < -0.39 is 5.97 Å². The molecule has 0 atom stereocenters. The van der Waals surface area contributed by atoms with Gasteiger partial charge in [0.05, 0.1) is 19.6 Å². The molecule has 7 heteroatoms. The van der Waals surface area contributed by atoms with Crippen LogP contribution in [0.1, 0.15) is 13.3 Å². The lowest BCUT2D eigenvalue weighted by molar-refractivity contribution is -0.140. The van der Waals surface area contributed by atoms with Gasteiger partial charge < -0.3 is 15.3 Å². The van der Waals surface area contributed by atoms with Crippen LogP contribution in [0, 0.1) is 0 Å². The molecule has 0 saturated heterocycles. The Morgan fingerprint density at radius 1 is 1.11 bits per heavy atom. The van der Waals surface area contributed by atoms with Gasteiger partial charge in [-0.3, -0.25) is 19.3 Å². The fourth-order valence-electron chi connectivity index (χ4n) is 1.26. The Hall–Kier alpha value is -1.63. The third kappa shape index (κ3) is 7.61. The van der Waals surface area contributed by atoms with Crippen LogP contribution in [0.2, 0.25) is 0 Å². The average molecular weight is 259 g/mol. The summed E-state index contributed by atoms with van der Waals surface area (Å²) in [5, 5.41) is 11.2. The topological polar surface area (TPSA) is 90.0 Å². The van der Waals surface area contributed by atoms with Crippen molar-refractivity contribution in [2.75, 3.05) is 40.3 Å². The predicted octanol–water partition coefficient (Wildman–Crippen LogP) is -1.01. The number of hydrogen-bond acceptors (Lipinski definition) is 4. The highest BCUT2D eigenvalue weighted by Crippen LogP contribution is 1.90. The van der Waals surface area contributed by atoms with E-state index in [1.54, 1.807) is 0 Å². The molecule has 0 spiro atoms. The Morgan fingerprint density at radius 2 is 1.72 bits per heavy atom. The molecule has 0 aromatic heterocycles. The second-order valence-corrected chi connectivity index (χ2v) is 4.17. The molecule has 0 heterocycles. The maximum Gasteiger partial charge on any atom is 0.317 e. The van der Waals surface area contributed by atoms with Crippen LogP contribution in [0.15, 0.2) is 0 Å². The lowest BCUT2D eigenvalue weighted by Gasteiger charge is -2.20. The molecule has 0 fully saturated rings. The van der Waals surface area contributed by atoms with Gasteiger partial charge >= 0.3 is 5.97 Å². The third-order valence-electron chi connectivity index (χ3n) is 2.19. The van der Waals surface area contributed by atoms with Crippen molar-refractivity contribution in [2.45, 2.75) is 13.3 Å². The molecule has 0 radical (unpaired) electrons. The van der Waals surface area contributed by atoms with Crippen LogP contribution in [0.5, 0.6) is 0 Å². The highest BCUT2D eigenvalue weighted by Gasteiger charge is 2.15. The SMILES string of the molecule is CCCNC(=O)CN(C)C(=O)CN(C)CC(=O)O. The monoisotopic (exact) mass is 259 g/mol. The molecule has 0 aliphatic heterocycles. The number of nitrogens with one attached hydrogen (secondary N) is 1. The molecule has 0 rings (SSSR count). The first kappa shape index (κ1) is 16.4. The Bertz CT molecular complexity index is 307. The molecule has 0 saturated carbocycles. The van der Waals surface area contributed by atoms with Crippen LogP contribution < -0.4 is 5.32 Å². The summed E-state index contributed by atoms with van der Waals surface area (Å²) in [6, 6.07) is 0. The zero-order valence-electron chi connectivity index (χ0n) is 11.1. The molecule has 7 nitrogen and oxygen atoms in total. The van der Waals surface area contributed by atoms with Crippen LogP contribution >= 0.6 is 0 Å². The summed E-state index contributed by atoms with van der Waals surface area (Å²) in [6.07, 6.45) is 0.838. The summed E-state index contributed by atoms with van der Waals surface area (Å²) in [4.78, 5) is 36.1. The first-order valence-electron chi connectivity index (χ1n) is 5.77. The first-order chi connectivity index (χ1) is 8.36. The van der Waals surface area contributed by atoms with Crippen LogP contribution in [-0.4, -0.2) is 73.0 Å². The van der Waals surface area contributed by atoms with E-state index in [1.807, 2.05) is 6.92 Å². The van der Waals surface area contributed by atoms with Crippen molar-refractivity contribution < 1.29 is 19.5 Å². The first-order valence-corrected chi connectivity index (χ1v) is 5.77. The molecular formula is C11H21N3O4. The van der Waals surface area contributed by atoms with E-state index in [4.69, 9.17) is 5.11 Å². The Balaban J connectivity index is 4.02. The van der Waals surface area contributed by atoms with Gasteiger partial charge in [-0.05, 0) is 13.5 Å². The van der Waals surface area contributed by atoms with Gasteiger partial charge in [0.2, 0.25) is 11.8 Å². The lowest BCUT2D eigenvalue weighted by Crippen LogP contribution is -2.43. The quantitative estimate of drug-likeness (QED) is 0.583. The van der Waals surface area contributed by atoms with Crippen LogP contribution in [0.3, 0.4) is 0 Å². The number of rotatable bonds is 8. The summed E-state index contributed by atoms with van der Waals surface area (Å²) in [5.41, 5.74) is 0. The Labute approximate surface area is 107 Å². The highest BCUT2D eigenvalue weighted by molar-refractivity contribution is 5.85. The summed E-state index contributed by atoms with van der Waals surface area (Å²) in [6.45, 7) is 2.28. The zero-order valence-corrected chi connectivity index (χ0v) is 11.1. The molecule has 2 N–H and O–H groups in total. The molecule has 2 amide bonds. The van der Waals surface area contributed by atoms with Crippen molar-refractivity contribution in [3.8, 4) is 0 Å². The minimum atomic E-state index is -0.992. The summed E-state index contributed by atoms with van der Waals surface area (Å²) < 4.78 is 0. The number of aliphatic carboxylic acids is 1. The Kier molecular flexibility index (Phi) is 7.69. The molecule has 0 unspecified atom stereocenters. The smallest absolute Gasteiger partial charge is 0.317 e. The second kappa shape index (κ2) is 8.46. The number of carbonyl (C=O) groups is 3. The predicted molar refractivity (Wildman–Crippen MR) is 66.1 cm³/mol. The second-order valence-electron chi connectivity index (χ2n) is 4.17. The highest BCUT2D eigenvalue weighted by atomic mass is 16.4. The van der Waals surface area contributed by atoms with E-state index in [0.29, 0.717) is 6.54 Å². The van der Waals surface area contributed by atoms with Gasteiger partial charge in [-0.1, -0.05) is 6.92 Å². The summed E-state index contributed by atoms with van der Waals surface area (Å²) >= 11 is 0. The molecule has 104 valence electrons. The van der Waals surface area contributed by atoms with Crippen molar-refractivity contribution in [3.63, 3.8) is 0 Å². The number of nitrogens with zero attached hydrogens (tertiary/aromatic N) is 2. The maximum absolute atomic E-state index is 11.7. The van der Waals surface area contributed by atoms with Gasteiger partial charge in [0, 0.05) is 13.6 Å². The van der Waals surface area contributed by atoms with Gasteiger partial charge in [0.25, 0.3) is 0 Å². The fraction of sp³-hybridized carbons (Fsp3) is 0.727. The lowest BCUT2D eigenvalue weighted by atomic mass is 10.4. The number of amides is 2. The number of carboxylic acids is 1. The van der Waals surface area contributed by atoms with Crippen molar-refractivity contribution >= 4 is 17.8 Å². The number of likely N-dealkylation sites (N-methyl/N-ethyl adjacent to an activating group) is 2. The third-order valence-corrected chi connectivity index (χ3v) is 2.19. The van der Waals surface area contributed by atoms with Gasteiger partial charge in [-0.2, -0.15) is 0 Å². The van der Waals surface area contributed by atoms with Gasteiger partial charge in [-0.25, -0.2) is 0 Å². The normalized spacial score (nSPS) is 10.2. The molecule has 0 aromatic rings. The minimum absolute atomic E-state index is 0.0141. The van der Waals surface area contributed by atoms with Crippen LogP contribution in [0.25, 0.3) is 0 Å². The maximum atomic E-state index is 11.7. The van der Waals surface area contributed by atoms with E-state index in [2.05, 4.69) is 5.32 Å². The number of carboxylic acid groups (broad SMARTS) is 1. The molecule has 0 aliphatic carbocycles. The number of carbonyl (C=O) groups excluding carboxylic acids is 2. The van der Waals surface area contributed by atoms with Crippen molar-refractivity contribution in [3.05, 3.63) is 0 Å². The molecule has 18 heavy (non-hydrogen) atoms. The van der Waals surface area contributed by atoms with Gasteiger partial charge in [0.1, 0.15) is 0 Å². The zero-order chi connectivity index (χ0) is 14.1. The van der Waals surface area contributed by atoms with Gasteiger partial charge in [0.15, 0.2) is 0 Å². The Morgan fingerprint density at radius 3 is 2.22 bits per heavy atom. The summed E-state index contributed by atoms with van der Waals surface area (Å²) in [7, 11) is 3.06. The van der Waals surface area contributed by atoms with E-state index >= 15 is 0 Å². The van der Waals surface area contributed by atoms with Crippen molar-refractivity contribution in [2.24, 2.45) is 0 Å². The molecule has 0 aromatic carbocycles. The minimum Gasteiger partial charge on any atom is -0.480 e. The molecule has 0 aliphatic rings. The number of hydrogen-bond donors (Lipinski definition) is 2. The molecule has 0 bridgehead atoms. The van der Waals surface area contributed by atoms with E-state index in [0.717, 1.165) is 6.42 Å². The average Bonchev–Trinajstić information content (AvgIpc) is 2.24. The summed E-state index contributed by atoms with van der Waals surface area (Å²) in [5.74, 6) is -1.49. The standard InChI is InChI=1S/C11H21N3O4/c1-4-5-12-9(15)6-14(3)10(16)7-13(2)8-11(17)18/h4-8H2,1-3H3,(H,12,15)(H,17,18). The van der Waals surface area contributed by atoms with E-state index in [1.165, 1.54) is 23.9 Å². The fourth-order valence-corrected chi connectivity index (χ4v) is 1.26. The van der Waals surface area contributed by atoms with E-state index in [9.17, 15) is 14.4 Å².